The Labute approximate surface area is 186 Å². The summed E-state index contributed by atoms with van der Waals surface area (Å²) in [5.41, 5.74) is 2.55. The number of nitrogens with one attached hydrogen (secondary N) is 1. The van der Waals surface area contributed by atoms with Gasteiger partial charge in [0.2, 0.25) is 5.91 Å². The van der Waals surface area contributed by atoms with Crippen molar-refractivity contribution in [2.45, 2.75) is 32.4 Å². The van der Waals surface area contributed by atoms with Crippen LogP contribution in [-0.4, -0.2) is 28.8 Å². The molecule has 166 valence electrons. The second-order valence-electron chi connectivity index (χ2n) is 8.24. The van der Waals surface area contributed by atoms with Crippen LogP contribution in [0.25, 0.3) is 0 Å². The van der Waals surface area contributed by atoms with Crippen molar-refractivity contribution in [1.29, 1.82) is 0 Å². The first-order chi connectivity index (χ1) is 15.5. The summed E-state index contributed by atoms with van der Waals surface area (Å²) in [4.78, 5) is 27.3. The van der Waals surface area contributed by atoms with E-state index in [1.807, 2.05) is 37.3 Å². The van der Waals surface area contributed by atoms with E-state index in [1.54, 1.807) is 24.4 Å². The number of hydrogen-bond donors (Lipinski definition) is 1. The molecule has 1 saturated heterocycles. The highest BCUT2D eigenvalue weighted by Gasteiger charge is 2.26. The van der Waals surface area contributed by atoms with E-state index in [0.717, 1.165) is 16.8 Å². The van der Waals surface area contributed by atoms with Crippen molar-refractivity contribution in [2.24, 2.45) is 5.92 Å². The number of carbonyl (C=O) groups excluding carboxylic acids is 1. The predicted octanol–water partition coefficient (Wildman–Crippen LogP) is 3.52. The fraction of sp³-hybridized carbons (Fsp3) is 0.320. The van der Waals surface area contributed by atoms with E-state index < -0.39 is 0 Å². The van der Waals surface area contributed by atoms with Crippen molar-refractivity contribution in [2.75, 3.05) is 18.0 Å². The van der Waals surface area contributed by atoms with E-state index in [0.29, 0.717) is 32.5 Å². The minimum atomic E-state index is -0.290. The average molecular weight is 435 g/mol. The van der Waals surface area contributed by atoms with Crippen LogP contribution in [0.2, 0.25) is 0 Å². The first-order valence-electron chi connectivity index (χ1n) is 10.9. The first kappa shape index (κ1) is 21.7. The fourth-order valence-corrected chi connectivity index (χ4v) is 4.04. The molecule has 1 fully saturated rings. The minimum absolute atomic E-state index is 0.0119. The van der Waals surface area contributed by atoms with E-state index in [1.165, 1.54) is 16.8 Å². The maximum Gasteiger partial charge on any atom is 0.269 e. The van der Waals surface area contributed by atoms with Crippen LogP contribution in [0.3, 0.4) is 0 Å². The smallest absolute Gasteiger partial charge is 0.269 e. The molecule has 2 heterocycles. The zero-order valence-electron chi connectivity index (χ0n) is 18.1. The van der Waals surface area contributed by atoms with E-state index in [4.69, 9.17) is 0 Å². The van der Waals surface area contributed by atoms with E-state index in [-0.39, 0.29) is 29.2 Å². The van der Waals surface area contributed by atoms with E-state index in [2.05, 4.69) is 15.3 Å². The molecule has 0 bridgehead atoms. The van der Waals surface area contributed by atoms with Crippen molar-refractivity contribution in [3.8, 4) is 0 Å². The lowest BCUT2D eigenvalue weighted by Gasteiger charge is -2.33. The molecule has 1 aromatic heterocycles. The number of aromatic nitrogens is 2. The highest BCUT2D eigenvalue weighted by molar-refractivity contribution is 5.79. The Morgan fingerprint density at radius 3 is 2.47 bits per heavy atom. The lowest BCUT2D eigenvalue weighted by Crippen LogP contribution is -2.41. The van der Waals surface area contributed by atoms with E-state index in [9.17, 15) is 14.0 Å². The van der Waals surface area contributed by atoms with Gasteiger partial charge in [-0.1, -0.05) is 42.5 Å². The van der Waals surface area contributed by atoms with Crippen molar-refractivity contribution < 1.29 is 9.18 Å². The van der Waals surface area contributed by atoms with Gasteiger partial charge in [-0.25, -0.2) is 9.07 Å². The van der Waals surface area contributed by atoms with Gasteiger partial charge in [0.15, 0.2) is 0 Å². The maximum absolute atomic E-state index is 13.1. The molecular weight excluding hydrogens is 407 g/mol. The van der Waals surface area contributed by atoms with Gasteiger partial charge in [-0.15, -0.1) is 0 Å². The number of piperidine rings is 1. The number of anilines is 1. The summed E-state index contributed by atoms with van der Waals surface area (Å²) in [6.07, 6.45) is 3.13. The summed E-state index contributed by atoms with van der Waals surface area (Å²) in [6, 6.07) is 17.4. The monoisotopic (exact) mass is 434 g/mol. The topological polar surface area (TPSA) is 67.2 Å². The van der Waals surface area contributed by atoms with Gasteiger partial charge >= 0.3 is 0 Å². The second kappa shape index (κ2) is 9.77. The number of carbonyl (C=O) groups is 1. The van der Waals surface area contributed by atoms with Gasteiger partial charge in [-0.2, -0.15) is 5.10 Å². The third-order valence-electron chi connectivity index (χ3n) is 5.99. The molecule has 7 heteroatoms. The summed E-state index contributed by atoms with van der Waals surface area (Å²) < 4.78 is 14.6. The number of rotatable bonds is 6. The molecule has 2 aromatic carbocycles. The van der Waals surface area contributed by atoms with E-state index >= 15 is 0 Å². The lowest BCUT2D eigenvalue weighted by molar-refractivity contribution is -0.126. The molecule has 4 rings (SSSR count). The van der Waals surface area contributed by atoms with Gasteiger partial charge in [0.1, 0.15) is 5.82 Å². The Morgan fingerprint density at radius 1 is 1.12 bits per heavy atom. The average Bonchev–Trinajstić information content (AvgIpc) is 2.81. The number of amides is 1. The third-order valence-corrected chi connectivity index (χ3v) is 5.99. The molecule has 0 unspecified atom stereocenters. The van der Waals surface area contributed by atoms with Crippen LogP contribution >= 0.6 is 0 Å². The Hall–Kier alpha value is -3.48. The molecule has 0 spiro atoms. The normalized spacial score (nSPS) is 15.4. The van der Waals surface area contributed by atoms with Crippen molar-refractivity contribution in [1.82, 2.24) is 15.1 Å². The van der Waals surface area contributed by atoms with Crippen LogP contribution in [0.4, 0.5) is 10.1 Å². The molecule has 1 N–H and O–H groups in total. The van der Waals surface area contributed by atoms with Gasteiger partial charge in [-0.05, 0) is 43.0 Å². The van der Waals surface area contributed by atoms with Crippen LogP contribution in [-0.2, 0) is 11.3 Å². The van der Waals surface area contributed by atoms with Crippen LogP contribution in [0.1, 0.15) is 36.9 Å². The molecule has 1 atom stereocenters. The quantitative estimate of drug-likeness (QED) is 0.645. The number of hydrogen-bond acceptors (Lipinski definition) is 4. The highest BCUT2D eigenvalue weighted by atomic mass is 19.1. The largest absolute Gasteiger partial charge is 0.370 e. The Morgan fingerprint density at radius 2 is 1.81 bits per heavy atom. The van der Waals surface area contributed by atoms with Gasteiger partial charge in [0.05, 0.1) is 24.5 Å². The molecule has 1 aliphatic heterocycles. The molecule has 6 nitrogen and oxygen atoms in total. The lowest BCUT2D eigenvalue weighted by atomic mass is 9.95. The highest BCUT2D eigenvalue weighted by Crippen LogP contribution is 2.23. The van der Waals surface area contributed by atoms with Crippen molar-refractivity contribution >= 4 is 11.6 Å². The summed E-state index contributed by atoms with van der Waals surface area (Å²) in [6.45, 7) is 3.71. The maximum atomic E-state index is 13.1. The summed E-state index contributed by atoms with van der Waals surface area (Å²) in [5, 5.41) is 7.37. The van der Waals surface area contributed by atoms with Crippen LogP contribution in [0.5, 0.6) is 0 Å². The van der Waals surface area contributed by atoms with Gasteiger partial charge in [0.25, 0.3) is 5.56 Å². The van der Waals surface area contributed by atoms with Crippen LogP contribution in [0.15, 0.2) is 71.7 Å². The van der Waals surface area contributed by atoms with Gasteiger partial charge in [-0.3, -0.25) is 9.59 Å². The Bertz CT molecular complexity index is 1110. The Balaban J connectivity index is 1.32. The molecule has 1 aliphatic rings. The summed E-state index contributed by atoms with van der Waals surface area (Å²) in [5.74, 6) is -0.361. The first-order valence-corrected chi connectivity index (χ1v) is 10.9. The molecule has 1 amide bonds. The standard InChI is InChI=1S/C25H27FN4O2/c1-18(20-7-9-22(26)10-8-20)28-25(32)21-11-13-29(14-12-21)23-15-24(31)30(27-16-23)17-19-5-3-2-4-6-19/h2-10,15-16,18,21H,11-14,17H2,1H3,(H,28,32)/t18-/m1/s1. The zero-order valence-corrected chi connectivity index (χ0v) is 18.1. The fourth-order valence-electron chi connectivity index (χ4n) is 4.04. The Kier molecular flexibility index (Phi) is 6.63. The third kappa shape index (κ3) is 5.22. The molecule has 0 aliphatic carbocycles. The predicted molar refractivity (Wildman–Crippen MR) is 122 cm³/mol. The molecule has 3 aromatic rings. The SMILES string of the molecule is C[C@@H](NC(=O)C1CCN(c2cnn(Cc3ccccc3)c(=O)c2)CC1)c1ccc(F)cc1. The van der Waals surface area contributed by atoms with Crippen molar-refractivity contribution in [3.63, 3.8) is 0 Å². The molecule has 0 saturated carbocycles. The van der Waals surface area contributed by atoms with Crippen LogP contribution in [0, 0.1) is 11.7 Å². The summed E-state index contributed by atoms with van der Waals surface area (Å²) in [7, 11) is 0. The summed E-state index contributed by atoms with van der Waals surface area (Å²) >= 11 is 0. The number of nitrogens with zero attached hydrogens (tertiary/aromatic N) is 3. The van der Waals surface area contributed by atoms with Crippen LogP contribution < -0.4 is 15.8 Å². The molecule has 0 radical (unpaired) electrons. The minimum Gasteiger partial charge on any atom is -0.370 e. The second-order valence-corrected chi connectivity index (χ2v) is 8.24. The number of halogens is 1. The number of benzene rings is 2. The zero-order chi connectivity index (χ0) is 22.5. The molecule has 32 heavy (non-hydrogen) atoms. The van der Waals surface area contributed by atoms with Crippen molar-refractivity contribution in [3.05, 3.63) is 94.2 Å². The van der Waals surface area contributed by atoms with Gasteiger partial charge in [0, 0.05) is 25.1 Å². The van der Waals surface area contributed by atoms with Gasteiger partial charge < -0.3 is 10.2 Å². The molecular formula is C25H27FN4O2.